The van der Waals surface area contributed by atoms with E-state index < -0.39 is 6.03 Å². The van der Waals surface area contributed by atoms with Crippen LogP contribution in [0.25, 0.3) is 0 Å². The van der Waals surface area contributed by atoms with Gasteiger partial charge in [0.25, 0.3) is 0 Å². The highest BCUT2D eigenvalue weighted by atomic mass is 16.2. The number of benzene rings is 1. The van der Waals surface area contributed by atoms with Crippen molar-refractivity contribution < 1.29 is 14.4 Å². The predicted octanol–water partition coefficient (Wildman–Crippen LogP) is 0.135. The molecule has 1 aromatic carbocycles. The second-order valence-electron chi connectivity index (χ2n) is 5.13. The molecule has 2 rings (SSSR count). The standard InChI is InChI=1S/C15H20N4O3/c16-12(11-5-2-1-3-6-11)9-17-13(20)7-4-8-19-14(21)10-18-15(19)22/h1-3,5-6,12H,4,7-10,16H2,(H,17,20)(H,18,22). The third kappa shape index (κ3) is 4.29. The number of nitrogens with one attached hydrogen (secondary N) is 2. The third-order valence-corrected chi connectivity index (χ3v) is 3.47. The molecule has 22 heavy (non-hydrogen) atoms. The molecule has 4 N–H and O–H groups in total. The Labute approximate surface area is 128 Å². The number of urea groups is 1. The molecule has 1 aliphatic heterocycles. The lowest BCUT2D eigenvalue weighted by Crippen LogP contribution is -2.34. The minimum Gasteiger partial charge on any atom is -0.354 e. The van der Waals surface area contributed by atoms with E-state index in [9.17, 15) is 14.4 Å². The zero-order chi connectivity index (χ0) is 15.9. The molecule has 0 bridgehead atoms. The van der Waals surface area contributed by atoms with Crippen LogP contribution in [0.1, 0.15) is 24.4 Å². The van der Waals surface area contributed by atoms with E-state index in [2.05, 4.69) is 10.6 Å². The fourth-order valence-electron chi connectivity index (χ4n) is 2.21. The van der Waals surface area contributed by atoms with E-state index in [-0.39, 0.29) is 37.4 Å². The number of imide groups is 1. The number of nitrogens with two attached hydrogens (primary N) is 1. The smallest absolute Gasteiger partial charge is 0.324 e. The first kappa shape index (κ1) is 16.0. The summed E-state index contributed by atoms with van der Waals surface area (Å²) in [6.45, 7) is 0.645. The van der Waals surface area contributed by atoms with Gasteiger partial charge in [-0.05, 0) is 12.0 Å². The van der Waals surface area contributed by atoms with E-state index in [4.69, 9.17) is 5.73 Å². The first-order valence-electron chi connectivity index (χ1n) is 7.23. The first-order valence-corrected chi connectivity index (χ1v) is 7.23. The molecule has 0 aliphatic carbocycles. The van der Waals surface area contributed by atoms with Crippen LogP contribution in [-0.4, -0.2) is 42.4 Å². The van der Waals surface area contributed by atoms with Crippen molar-refractivity contribution in [3.63, 3.8) is 0 Å². The van der Waals surface area contributed by atoms with E-state index in [0.717, 1.165) is 10.5 Å². The second kappa shape index (κ2) is 7.56. The molecule has 7 heteroatoms. The fourth-order valence-corrected chi connectivity index (χ4v) is 2.21. The summed E-state index contributed by atoms with van der Waals surface area (Å²) in [7, 11) is 0. The van der Waals surface area contributed by atoms with Crippen LogP contribution in [-0.2, 0) is 9.59 Å². The summed E-state index contributed by atoms with van der Waals surface area (Å²) in [4.78, 5) is 35.5. The van der Waals surface area contributed by atoms with Gasteiger partial charge >= 0.3 is 6.03 Å². The first-order chi connectivity index (χ1) is 10.6. The van der Waals surface area contributed by atoms with E-state index >= 15 is 0 Å². The van der Waals surface area contributed by atoms with E-state index in [1.165, 1.54) is 0 Å². The molecule has 1 aromatic rings. The molecule has 4 amide bonds. The molecule has 0 aromatic heterocycles. The lowest BCUT2D eigenvalue weighted by atomic mass is 10.1. The molecule has 1 saturated heterocycles. The van der Waals surface area contributed by atoms with Crippen molar-refractivity contribution in [3.05, 3.63) is 35.9 Å². The van der Waals surface area contributed by atoms with Crippen molar-refractivity contribution in [2.45, 2.75) is 18.9 Å². The number of hydrogen-bond donors (Lipinski definition) is 3. The van der Waals surface area contributed by atoms with Crippen molar-refractivity contribution in [2.75, 3.05) is 19.6 Å². The predicted molar refractivity (Wildman–Crippen MR) is 80.7 cm³/mol. The summed E-state index contributed by atoms with van der Waals surface area (Å²) in [6, 6.07) is 8.88. The topological polar surface area (TPSA) is 105 Å². The van der Waals surface area contributed by atoms with Gasteiger partial charge in [0.05, 0.1) is 6.54 Å². The van der Waals surface area contributed by atoms with Crippen LogP contribution in [0.15, 0.2) is 30.3 Å². The van der Waals surface area contributed by atoms with Gasteiger partial charge in [-0.3, -0.25) is 14.5 Å². The highest BCUT2D eigenvalue weighted by Crippen LogP contribution is 2.08. The number of rotatable bonds is 7. The van der Waals surface area contributed by atoms with Gasteiger partial charge in [0.1, 0.15) is 0 Å². The Bertz CT molecular complexity index is 531. The minimum absolute atomic E-state index is 0.0386. The average molecular weight is 304 g/mol. The van der Waals surface area contributed by atoms with E-state index in [1.807, 2.05) is 30.3 Å². The Hall–Kier alpha value is -2.41. The van der Waals surface area contributed by atoms with Crippen LogP contribution in [0.5, 0.6) is 0 Å². The Morgan fingerprint density at radius 1 is 1.32 bits per heavy atom. The maximum atomic E-state index is 11.7. The normalized spacial score (nSPS) is 15.6. The highest BCUT2D eigenvalue weighted by Gasteiger charge is 2.27. The lowest BCUT2D eigenvalue weighted by Gasteiger charge is -2.14. The molecule has 0 radical (unpaired) electrons. The van der Waals surface area contributed by atoms with Gasteiger partial charge < -0.3 is 16.4 Å². The second-order valence-corrected chi connectivity index (χ2v) is 5.13. The van der Waals surface area contributed by atoms with Gasteiger partial charge in [0.15, 0.2) is 0 Å². The number of carbonyl (C=O) groups excluding carboxylic acids is 3. The molecular formula is C15H20N4O3. The average Bonchev–Trinajstić information content (AvgIpc) is 2.85. The summed E-state index contributed by atoms with van der Waals surface area (Å²) < 4.78 is 0. The number of nitrogens with zero attached hydrogens (tertiary/aromatic N) is 1. The minimum atomic E-state index is -0.392. The molecule has 118 valence electrons. The van der Waals surface area contributed by atoms with Gasteiger partial charge in [-0.1, -0.05) is 30.3 Å². The summed E-state index contributed by atoms with van der Waals surface area (Å²) in [5.74, 6) is -0.394. The number of amides is 4. The van der Waals surface area contributed by atoms with Gasteiger partial charge in [-0.25, -0.2) is 4.79 Å². The molecule has 1 aliphatic rings. The van der Waals surface area contributed by atoms with Gasteiger partial charge in [-0.15, -0.1) is 0 Å². The zero-order valence-corrected chi connectivity index (χ0v) is 12.2. The van der Waals surface area contributed by atoms with Crippen LogP contribution >= 0.6 is 0 Å². The monoisotopic (exact) mass is 304 g/mol. The quantitative estimate of drug-likeness (QED) is 0.623. The maximum Gasteiger partial charge on any atom is 0.324 e. The Balaban J connectivity index is 1.66. The lowest BCUT2D eigenvalue weighted by molar-refractivity contribution is -0.126. The van der Waals surface area contributed by atoms with Crippen molar-refractivity contribution in [1.82, 2.24) is 15.5 Å². The van der Waals surface area contributed by atoms with Crippen molar-refractivity contribution >= 4 is 17.8 Å². The fraction of sp³-hybridized carbons (Fsp3) is 0.400. The molecule has 1 fully saturated rings. The van der Waals surface area contributed by atoms with Crippen molar-refractivity contribution in [1.29, 1.82) is 0 Å². The summed E-state index contributed by atoms with van der Waals surface area (Å²) in [6.07, 6.45) is 0.685. The molecule has 0 spiro atoms. The Kier molecular flexibility index (Phi) is 5.48. The number of carbonyl (C=O) groups is 3. The largest absolute Gasteiger partial charge is 0.354 e. The van der Waals surface area contributed by atoms with Crippen LogP contribution in [0.2, 0.25) is 0 Å². The highest BCUT2D eigenvalue weighted by molar-refractivity contribution is 6.01. The summed E-state index contributed by atoms with van der Waals surface area (Å²) in [5.41, 5.74) is 6.95. The van der Waals surface area contributed by atoms with Crippen molar-refractivity contribution in [2.24, 2.45) is 5.73 Å². The zero-order valence-electron chi connectivity index (χ0n) is 12.2. The third-order valence-electron chi connectivity index (χ3n) is 3.47. The van der Waals surface area contributed by atoms with Gasteiger partial charge in [0, 0.05) is 25.6 Å². The molecule has 7 nitrogen and oxygen atoms in total. The summed E-state index contributed by atoms with van der Waals surface area (Å²) in [5, 5.41) is 5.20. The van der Waals surface area contributed by atoms with E-state index in [0.29, 0.717) is 13.0 Å². The van der Waals surface area contributed by atoms with Crippen LogP contribution in [0.3, 0.4) is 0 Å². The van der Waals surface area contributed by atoms with Crippen LogP contribution in [0.4, 0.5) is 4.79 Å². The molecule has 0 saturated carbocycles. The Morgan fingerprint density at radius 3 is 2.68 bits per heavy atom. The number of hydrogen-bond acceptors (Lipinski definition) is 4. The SMILES string of the molecule is NC(CNC(=O)CCCN1C(=O)CNC1=O)c1ccccc1. The van der Waals surface area contributed by atoms with Crippen LogP contribution < -0.4 is 16.4 Å². The van der Waals surface area contributed by atoms with Gasteiger partial charge in [-0.2, -0.15) is 0 Å². The van der Waals surface area contributed by atoms with E-state index in [1.54, 1.807) is 0 Å². The molecule has 1 unspecified atom stereocenters. The maximum absolute atomic E-state index is 11.7. The van der Waals surface area contributed by atoms with Gasteiger partial charge in [0.2, 0.25) is 11.8 Å². The summed E-state index contributed by atoms with van der Waals surface area (Å²) >= 11 is 0. The molecule has 1 atom stereocenters. The van der Waals surface area contributed by atoms with Crippen LogP contribution in [0, 0.1) is 0 Å². The molecular weight excluding hydrogens is 284 g/mol. The Morgan fingerprint density at radius 2 is 2.05 bits per heavy atom. The van der Waals surface area contributed by atoms with Crippen molar-refractivity contribution in [3.8, 4) is 0 Å². The molecule has 1 heterocycles.